The number of nitrogens with zero attached hydrogens (tertiary/aromatic N) is 2. The molecule has 0 aliphatic heterocycles. The number of aryl methyl sites for hydroxylation is 2. The molecule has 2 aromatic carbocycles. The smallest absolute Gasteiger partial charge is 0.337 e. The molecule has 0 spiro atoms. The minimum Gasteiger partial charge on any atom is -0.465 e. The van der Waals surface area contributed by atoms with Gasteiger partial charge in [-0.2, -0.15) is 0 Å². The number of anilines is 2. The summed E-state index contributed by atoms with van der Waals surface area (Å²) in [6.45, 7) is 0. The van der Waals surface area contributed by atoms with E-state index >= 15 is 0 Å². The lowest BCUT2D eigenvalue weighted by atomic mass is 10.1. The Morgan fingerprint density at radius 3 is 2.80 bits per heavy atom. The van der Waals surface area contributed by atoms with Gasteiger partial charge >= 0.3 is 5.97 Å². The Morgan fingerprint density at radius 1 is 1.10 bits per heavy atom. The van der Waals surface area contributed by atoms with Crippen LogP contribution in [0.5, 0.6) is 0 Å². The van der Waals surface area contributed by atoms with Crippen LogP contribution in [0.15, 0.2) is 54.6 Å². The second-order valence-corrected chi connectivity index (χ2v) is 8.47. The number of benzene rings is 2. The van der Waals surface area contributed by atoms with Crippen LogP contribution in [0.4, 0.5) is 11.5 Å². The van der Waals surface area contributed by atoms with E-state index in [9.17, 15) is 4.79 Å². The molecule has 2 heterocycles. The topological polar surface area (TPSA) is 64.1 Å². The van der Waals surface area contributed by atoms with Crippen LogP contribution in [0.2, 0.25) is 0 Å². The molecule has 5 nitrogen and oxygen atoms in total. The van der Waals surface area contributed by atoms with Gasteiger partial charge in [-0.3, -0.25) is 0 Å². The summed E-state index contributed by atoms with van der Waals surface area (Å²) >= 11 is 1.78. The fourth-order valence-corrected chi connectivity index (χ4v) is 5.25. The molecule has 6 heteroatoms. The van der Waals surface area contributed by atoms with Crippen molar-refractivity contribution in [3.05, 3.63) is 82.0 Å². The Morgan fingerprint density at radius 2 is 1.97 bits per heavy atom. The zero-order valence-electron chi connectivity index (χ0n) is 16.6. The number of hydrogen-bond donors (Lipinski definition) is 1. The third-order valence-corrected chi connectivity index (χ3v) is 6.55. The molecule has 30 heavy (non-hydrogen) atoms. The van der Waals surface area contributed by atoms with Crippen molar-refractivity contribution in [2.75, 3.05) is 12.4 Å². The van der Waals surface area contributed by atoms with Gasteiger partial charge in [-0.1, -0.05) is 36.4 Å². The molecular weight excluding hydrogens is 394 g/mol. The number of carbonyl (C=O) groups excluding carboxylic acids is 1. The third kappa shape index (κ3) is 3.55. The largest absolute Gasteiger partial charge is 0.465 e. The molecule has 1 aliphatic carbocycles. The lowest BCUT2D eigenvalue weighted by Gasteiger charge is -2.11. The predicted octanol–water partition coefficient (Wildman–Crippen LogP) is 5.30. The summed E-state index contributed by atoms with van der Waals surface area (Å²) in [6.07, 6.45) is 4.03. The van der Waals surface area contributed by atoms with Gasteiger partial charge in [0.05, 0.1) is 18.1 Å². The van der Waals surface area contributed by atoms with E-state index in [0.717, 1.165) is 40.4 Å². The fourth-order valence-electron chi connectivity index (χ4n) is 3.97. The van der Waals surface area contributed by atoms with Gasteiger partial charge in [-0.15, -0.1) is 11.3 Å². The van der Waals surface area contributed by atoms with Crippen molar-refractivity contribution in [2.45, 2.75) is 25.7 Å². The zero-order valence-corrected chi connectivity index (χ0v) is 17.5. The summed E-state index contributed by atoms with van der Waals surface area (Å²) in [4.78, 5) is 24.2. The van der Waals surface area contributed by atoms with Crippen LogP contribution in [0, 0.1) is 0 Å². The Balaban J connectivity index is 1.58. The van der Waals surface area contributed by atoms with Crippen LogP contribution in [-0.4, -0.2) is 23.0 Å². The second kappa shape index (κ2) is 7.88. The average molecular weight is 416 g/mol. The van der Waals surface area contributed by atoms with Gasteiger partial charge in [0.2, 0.25) is 0 Å². The Bertz CT molecular complexity index is 1230. The van der Waals surface area contributed by atoms with Gasteiger partial charge in [0.25, 0.3) is 0 Å². The van der Waals surface area contributed by atoms with Gasteiger partial charge in [0.15, 0.2) is 0 Å². The van der Waals surface area contributed by atoms with E-state index in [1.807, 2.05) is 30.3 Å². The molecule has 0 amide bonds. The quantitative estimate of drug-likeness (QED) is 0.448. The molecule has 0 saturated carbocycles. The minimum absolute atomic E-state index is 0.354. The van der Waals surface area contributed by atoms with E-state index in [-0.39, 0.29) is 5.97 Å². The average Bonchev–Trinajstić information content (AvgIpc) is 3.35. The van der Waals surface area contributed by atoms with Crippen LogP contribution in [0.25, 0.3) is 10.2 Å². The highest BCUT2D eigenvalue weighted by atomic mass is 32.1. The third-order valence-electron chi connectivity index (χ3n) is 5.36. The highest BCUT2D eigenvalue weighted by Crippen LogP contribution is 2.40. The normalized spacial score (nSPS) is 12.7. The van der Waals surface area contributed by atoms with Crippen LogP contribution >= 0.6 is 11.3 Å². The van der Waals surface area contributed by atoms with E-state index in [0.29, 0.717) is 12.0 Å². The first-order chi connectivity index (χ1) is 14.7. The van der Waals surface area contributed by atoms with Crippen molar-refractivity contribution in [3.63, 3.8) is 0 Å². The monoisotopic (exact) mass is 415 g/mol. The highest BCUT2D eigenvalue weighted by molar-refractivity contribution is 7.19. The predicted molar refractivity (Wildman–Crippen MR) is 120 cm³/mol. The van der Waals surface area contributed by atoms with Gasteiger partial charge in [-0.05, 0) is 48.6 Å². The summed E-state index contributed by atoms with van der Waals surface area (Å²) in [7, 11) is 1.39. The molecule has 0 atom stereocenters. The van der Waals surface area contributed by atoms with Crippen molar-refractivity contribution >= 4 is 39.0 Å². The molecule has 0 radical (unpaired) electrons. The molecule has 0 unspecified atom stereocenters. The summed E-state index contributed by atoms with van der Waals surface area (Å²) < 4.78 is 4.85. The Hall–Kier alpha value is -3.25. The van der Waals surface area contributed by atoms with Crippen molar-refractivity contribution in [1.82, 2.24) is 9.97 Å². The number of rotatable bonds is 5. The van der Waals surface area contributed by atoms with E-state index in [4.69, 9.17) is 14.7 Å². The molecular formula is C24H21N3O2S. The first-order valence-electron chi connectivity index (χ1n) is 10.0. The van der Waals surface area contributed by atoms with Crippen molar-refractivity contribution in [2.24, 2.45) is 0 Å². The SMILES string of the molecule is COC(=O)c1cccc(Nc2nc(Cc3ccccc3)nc3sc4c(c23)CCC4)c1. The molecule has 0 bridgehead atoms. The van der Waals surface area contributed by atoms with E-state index in [1.165, 1.54) is 29.5 Å². The molecule has 5 rings (SSSR count). The number of aromatic nitrogens is 2. The van der Waals surface area contributed by atoms with Crippen molar-refractivity contribution < 1.29 is 9.53 Å². The molecule has 1 N–H and O–H groups in total. The number of nitrogens with one attached hydrogen (secondary N) is 1. The van der Waals surface area contributed by atoms with E-state index in [2.05, 4.69) is 17.4 Å². The number of fused-ring (bicyclic) bond motifs is 3. The molecule has 0 fully saturated rings. The Kier molecular flexibility index (Phi) is 4.93. The van der Waals surface area contributed by atoms with Crippen LogP contribution in [-0.2, 0) is 24.0 Å². The first kappa shape index (κ1) is 18.8. The minimum atomic E-state index is -0.354. The summed E-state index contributed by atoms with van der Waals surface area (Å²) in [5, 5.41) is 4.57. The van der Waals surface area contributed by atoms with Gasteiger partial charge in [0.1, 0.15) is 16.5 Å². The number of esters is 1. The maximum absolute atomic E-state index is 11.9. The number of thiophene rings is 1. The van der Waals surface area contributed by atoms with Crippen molar-refractivity contribution in [1.29, 1.82) is 0 Å². The summed E-state index contributed by atoms with van der Waals surface area (Å²) in [5.74, 6) is 1.25. The lowest BCUT2D eigenvalue weighted by Crippen LogP contribution is -2.04. The fraction of sp³-hybridized carbons (Fsp3) is 0.208. The van der Waals surface area contributed by atoms with E-state index in [1.54, 1.807) is 23.5 Å². The standard InChI is InChI=1S/C24H21N3O2S/c1-29-24(28)16-9-5-10-17(14-16)25-22-21-18-11-6-12-19(18)30-23(21)27-20(26-22)13-15-7-3-2-4-8-15/h2-5,7-10,14H,6,11-13H2,1H3,(H,25,26,27). The maximum Gasteiger partial charge on any atom is 0.337 e. The Labute approximate surface area is 178 Å². The first-order valence-corrected chi connectivity index (χ1v) is 10.8. The van der Waals surface area contributed by atoms with Gasteiger partial charge in [-0.25, -0.2) is 14.8 Å². The summed E-state index contributed by atoms with van der Waals surface area (Å²) in [5.41, 5.74) is 3.86. The number of ether oxygens (including phenoxy) is 1. The number of hydrogen-bond acceptors (Lipinski definition) is 6. The molecule has 2 aromatic heterocycles. The van der Waals surface area contributed by atoms with Gasteiger partial charge < -0.3 is 10.1 Å². The molecule has 150 valence electrons. The summed E-state index contributed by atoms with van der Waals surface area (Å²) in [6, 6.07) is 17.6. The number of carbonyl (C=O) groups is 1. The van der Waals surface area contributed by atoms with E-state index < -0.39 is 0 Å². The molecule has 1 aliphatic rings. The van der Waals surface area contributed by atoms with Crippen LogP contribution in [0.3, 0.4) is 0 Å². The zero-order chi connectivity index (χ0) is 20.5. The second-order valence-electron chi connectivity index (χ2n) is 7.39. The maximum atomic E-state index is 11.9. The lowest BCUT2D eigenvalue weighted by molar-refractivity contribution is 0.0601. The van der Waals surface area contributed by atoms with Crippen LogP contribution < -0.4 is 5.32 Å². The molecule has 4 aromatic rings. The highest BCUT2D eigenvalue weighted by Gasteiger charge is 2.22. The van der Waals surface area contributed by atoms with Crippen molar-refractivity contribution in [3.8, 4) is 0 Å². The van der Waals surface area contributed by atoms with Gasteiger partial charge in [0, 0.05) is 17.0 Å². The van der Waals surface area contributed by atoms with Crippen LogP contribution in [0.1, 0.15) is 38.6 Å². The number of methoxy groups -OCH3 is 1. The molecule has 0 saturated heterocycles.